The van der Waals surface area contributed by atoms with E-state index in [-0.39, 0.29) is 5.37 Å². The molecule has 0 saturated carbocycles. The second-order valence-electron chi connectivity index (χ2n) is 3.84. The molecule has 1 atom stereocenters. The molecule has 0 aliphatic rings. The van der Waals surface area contributed by atoms with Crippen molar-refractivity contribution in [1.29, 1.82) is 0 Å². The van der Waals surface area contributed by atoms with Crippen LogP contribution in [-0.2, 0) is 0 Å². The normalized spacial score (nSPS) is 12.7. The van der Waals surface area contributed by atoms with Crippen molar-refractivity contribution in [3.63, 3.8) is 0 Å². The third kappa shape index (κ3) is 2.00. The molecule has 0 bridgehead atoms. The average molecular weight is 232 g/mol. The van der Waals surface area contributed by atoms with Crippen LogP contribution in [0.5, 0.6) is 0 Å². The molecule has 2 aromatic rings. The highest BCUT2D eigenvalue weighted by Gasteiger charge is 2.11. The van der Waals surface area contributed by atoms with E-state index in [9.17, 15) is 0 Å². The van der Waals surface area contributed by atoms with Gasteiger partial charge in [-0.1, -0.05) is 37.3 Å². The lowest BCUT2D eigenvalue weighted by atomic mass is 10.1. The molecular formula is C13H16N2S. The van der Waals surface area contributed by atoms with Crippen LogP contribution >= 0.6 is 12.6 Å². The lowest BCUT2D eigenvalue weighted by Gasteiger charge is -2.11. The second kappa shape index (κ2) is 4.74. The van der Waals surface area contributed by atoms with Crippen molar-refractivity contribution < 1.29 is 0 Å². The fourth-order valence-electron chi connectivity index (χ4n) is 1.80. The maximum atomic E-state index is 4.54. The lowest BCUT2D eigenvalue weighted by Crippen LogP contribution is -2.01. The number of imidazole rings is 1. The van der Waals surface area contributed by atoms with Gasteiger partial charge in [-0.2, -0.15) is 12.6 Å². The Balaban J connectivity index is 2.41. The zero-order chi connectivity index (χ0) is 11.5. The standard InChI is InChI=1S/C13H16N2S/c1-3-12(16)15-9-14-13(10(15)2)11-7-5-4-6-8-11/h4-9,12,16H,3H2,1-2H3. The molecule has 0 aliphatic carbocycles. The first-order chi connectivity index (χ1) is 7.74. The lowest BCUT2D eigenvalue weighted by molar-refractivity contribution is 0.647. The number of aromatic nitrogens is 2. The molecule has 16 heavy (non-hydrogen) atoms. The Hall–Kier alpha value is -1.22. The van der Waals surface area contributed by atoms with E-state index in [0.29, 0.717) is 0 Å². The van der Waals surface area contributed by atoms with Crippen LogP contribution in [0.2, 0.25) is 0 Å². The minimum atomic E-state index is 0.213. The van der Waals surface area contributed by atoms with Gasteiger partial charge in [0.1, 0.15) is 0 Å². The Morgan fingerprint density at radius 2 is 2.00 bits per heavy atom. The molecule has 0 spiro atoms. The third-order valence-electron chi connectivity index (χ3n) is 2.77. The minimum absolute atomic E-state index is 0.213. The smallest absolute Gasteiger partial charge is 0.0965 e. The Morgan fingerprint density at radius 1 is 1.31 bits per heavy atom. The molecule has 2 nitrogen and oxygen atoms in total. The van der Waals surface area contributed by atoms with Gasteiger partial charge in [-0.15, -0.1) is 0 Å². The van der Waals surface area contributed by atoms with Crippen LogP contribution in [0.4, 0.5) is 0 Å². The van der Waals surface area contributed by atoms with E-state index in [2.05, 4.69) is 48.2 Å². The number of hydrogen-bond acceptors (Lipinski definition) is 2. The largest absolute Gasteiger partial charge is 0.322 e. The summed E-state index contributed by atoms with van der Waals surface area (Å²) in [6.07, 6.45) is 2.87. The highest BCUT2D eigenvalue weighted by Crippen LogP contribution is 2.25. The summed E-state index contributed by atoms with van der Waals surface area (Å²) in [5, 5.41) is 0.213. The third-order valence-corrected chi connectivity index (χ3v) is 3.39. The fourth-order valence-corrected chi connectivity index (χ4v) is 2.03. The predicted molar refractivity (Wildman–Crippen MR) is 70.7 cm³/mol. The molecule has 84 valence electrons. The average Bonchev–Trinajstić information content (AvgIpc) is 2.71. The zero-order valence-corrected chi connectivity index (χ0v) is 10.5. The number of benzene rings is 1. The molecule has 1 aromatic carbocycles. The first kappa shape index (κ1) is 11.3. The van der Waals surface area contributed by atoms with Gasteiger partial charge in [0.2, 0.25) is 0 Å². The molecule has 1 heterocycles. The summed E-state index contributed by atoms with van der Waals surface area (Å²) in [5.41, 5.74) is 3.39. The summed E-state index contributed by atoms with van der Waals surface area (Å²) < 4.78 is 2.12. The maximum Gasteiger partial charge on any atom is 0.0965 e. The molecule has 0 amide bonds. The molecule has 1 unspecified atom stereocenters. The molecule has 0 radical (unpaired) electrons. The SMILES string of the molecule is CCC(S)n1cnc(-c2ccccc2)c1C. The molecule has 0 fully saturated rings. The molecule has 2 rings (SSSR count). The van der Waals surface area contributed by atoms with Crippen molar-refractivity contribution in [2.45, 2.75) is 25.6 Å². The van der Waals surface area contributed by atoms with Crippen molar-refractivity contribution in [2.24, 2.45) is 0 Å². The first-order valence-electron chi connectivity index (χ1n) is 5.51. The number of nitrogens with zero attached hydrogens (tertiary/aromatic N) is 2. The molecule has 0 saturated heterocycles. The summed E-state index contributed by atoms with van der Waals surface area (Å²) in [5.74, 6) is 0. The van der Waals surface area contributed by atoms with Crippen LogP contribution in [0, 0.1) is 6.92 Å². The first-order valence-corrected chi connectivity index (χ1v) is 6.02. The van der Waals surface area contributed by atoms with Gasteiger partial charge >= 0.3 is 0 Å². The van der Waals surface area contributed by atoms with Gasteiger partial charge in [0.05, 0.1) is 17.4 Å². The van der Waals surface area contributed by atoms with E-state index in [1.165, 1.54) is 5.69 Å². The Kier molecular flexibility index (Phi) is 3.34. The highest BCUT2D eigenvalue weighted by atomic mass is 32.1. The summed E-state index contributed by atoms with van der Waals surface area (Å²) >= 11 is 4.54. The fraction of sp³-hybridized carbons (Fsp3) is 0.308. The summed E-state index contributed by atoms with van der Waals surface area (Å²) in [6, 6.07) is 10.2. The summed E-state index contributed by atoms with van der Waals surface area (Å²) in [6.45, 7) is 4.22. The Labute approximate surface area is 102 Å². The van der Waals surface area contributed by atoms with Gasteiger partial charge in [-0.05, 0) is 13.3 Å². The monoisotopic (exact) mass is 232 g/mol. The predicted octanol–water partition coefficient (Wildman–Crippen LogP) is 3.70. The number of rotatable bonds is 3. The van der Waals surface area contributed by atoms with Crippen LogP contribution in [0.3, 0.4) is 0 Å². The van der Waals surface area contributed by atoms with Crippen LogP contribution in [-0.4, -0.2) is 9.55 Å². The Bertz CT molecular complexity index is 462. The van der Waals surface area contributed by atoms with Crippen LogP contribution in [0.1, 0.15) is 24.4 Å². The molecule has 0 N–H and O–H groups in total. The van der Waals surface area contributed by atoms with E-state index < -0.39 is 0 Å². The van der Waals surface area contributed by atoms with Crippen molar-refractivity contribution in [1.82, 2.24) is 9.55 Å². The topological polar surface area (TPSA) is 17.8 Å². The van der Waals surface area contributed by atoms with E-state index in [1.54, 1.807) is 0 Å². The Morgan fingerprint density at radius 3 is 2.62 bits per heavy atom. The second-order valence-corrected chi connectivity index (χ2v) is 4.44. The van der Waals surface area contributed by atoms with Gasteiger partial charge in [0, 0.05) is 11.3 Å². The van der Waals surface area contributed by atoms with Crippen LogP contribution in [0.15, 0.2) is 36.7 Å². The molecule has 1 aromatic heterocycles. The van der Waals surface area contributed by atoms with E-state index >= 15 is 0 Å². The van der Waals surface area contributed by atoms with E-state index in [4.69, 9.17) is 0 Å². The maximum absolute atomic E-state index is 4.54. The number of thiol groups is 1. The summed E-state index contributed by atoms with van der Waals surface area (Å²) in [7, 11) is 0. The van der Waals surface area contributed by atoms with Crippen molar-refractivity contribution in [2.75, 3.05) is 0 Å². The minimum Gasteiger partial charge on any atom is -0.322 e. The zero-order valence-electron chi connectivity index (χ0n) is 9.59. The van der Waals surface area contributed by atoms with E-state index in [1.807, 2.05) is 24.5 Å². The van der Waals surface area contributed by atoms with Crippen LogP contribution < -0.4 is 0 Å². The van der Waals surface area contributed by atoms with E-state index in [0.717, 1.165) is 17.7 Å². The molecular weight excluding hydrogens is 216 g/mol. The van der Waals surface area contributed by atoms with Crippen LogP contribution in [0.25, 0.3) is 11.3 Å². The number of hydrogen-bond donors (Lipinski definition) is 1. The van der Waals surface area contributed by atoms with Gasteiger partial charge < -0.3 is 4.57 Å². The van der Waals surface area contributed by atoms with Gasteiger partial charge in [0.15, 0.2) is 0 Å². The molecule has 3 heteroatoms. The summed E-state index contributed by atoms with van der Waals surface area (Å²) in [4.78, 5) is 4.47. The van der Waals surface area contributed by atoms with Crippen molar-refractivity contribution in [3.8, 4) is 11.3 Å². The van der Waals surface area contributed by atoms with Gasteiger partial charge in [-0.3, -0.25) is 0 Å². The van der Waals surface area contributed by atoms with Gasteiger partial charge in [0.25, 0.3) is 0 Å². The van der Waals surface area contributed by atoms with Crippen molar-refractivity contribution >= 4 is 12.6 Å². The van der Waals surface area contributed by atoms with Gasteiger partial charge in [-0.25, -0.2) is 4.98 Å². The quantitative estimate of drug-likeness (QED) is 0.799. The van der Waals surface area contributed by atoms with Crippen molar-refractivity contribution in [3.05, 3.63) is 42.4 Å². The highest BCUT2D eigenvalue weighted by molar-refractivity contribution is 7.80. The molecule has 0 aliphatic heterocycles.